The quantitative estimate of drug-likeness (QED) is 0.118. The van der Waals surface area contributed by atoms with Gasteiger partial charge in [0.15, 0.2) is 17.1 Å². The van der Waals surface area contributed by atoms with Gasteiger partial charge < -0.3 is 19.0 Å². The minimum Gasteiger partial charge on any atom is -0.502 e. The molecular formula is C49H38ClN3O8. The average molecular weight is 832 g/mol. The molecule has 1 aromatic heterocycles. The summed E-state index contributed by atoms with van der Waals surface area (Å²) < 4.78 is 16.9. The molecule has 2 aliphatic heterocycles. The van der Waals surface area contributed by atoms with Crippen molar-refractivity contribution in [1.82, 2.24) is 4.98 Å². The molecule has 4 amide bonds. The number of benzene rings is 5. The van der Waals surface area contributed by atoms with Crippen LogP contribution in [0.3, 0.4) is 0 Å². The van der Waals surface area contributed by atoms with E-state index in [1.54, 1.807) is 60.7 Å². The van der Waals surface area contributed by atoms with Gasteiger partial charge in [0, 0.05) is 16.5 Å². The Morgan fingerprint density at radius 2 is 1.51 bits per heavy atom. The number of phenols is 1. The molecule has 0 radical (unpaired) electrons. The number of allylic oxidation sites excluding steroid dienone is 3. The van der Waals surface area contributed by atoms with Crippen LogP contribution >= 0.6 is 11.6 Å². The summed E-state index contributed by atoms with van der Waals surface area (Å²) in [6.07, 6.45) is 6.14. The van der Waals surface area contributed by atoms with Gasteiger partial charge >= 0.3 is 0 Å². The summed E-state index contributed by atoms with van der Waals surface area (Å²) in [6.45, 7) is 0. The first-order valence-corrected chi connectivity index (χ1v) is 20.4. The van der Waals surface area contributed by atoms with Crippen molar-refractivity contribution in [1.29, 1.82) is 0 Å². The van der Waals surface area contributed by atoms with Crippen LogP contribution < -0.4 is 19.3 Å². The summed E-state index contributed by atoms with van der Waals surface area (Å²) in [6, 6.07) is 33.7. The highest BCUT2D eigenvalue weighted by atomic mass is 35.5. The average Bonchev–Trinajstić information content (AvgIpc) is 3.90. The second kappa shape index (κ2) is 14.6. The van der Waals surface area contributed by atoms with Crippen LogP contribution in [0.1, 0.15) is 24.0 Å². The van der Waals surface area contributed by atoms with Gasteiger partial charge in [0.05, 0.1) is 48.8 Å². The van der Waals surface area contributed by atoms with Gasteiger partial charge in [-0.05, 0) is 96.6 Å². The first kappa shape index (κ1) is 38.2. The molecule has 304 valence electrons. The molecule has 2 saturated heterocycles. The SMILES string of the molecule is COc1cc(C=CC2C3=CCC4C(=O)N(c5ccc(-c6nc7ccccc7o6)cc5)C(=O)C4C3CC3C(=O)N(c4cccc(Cl)c4)C(=O)C23c2ccccc2)cc(OC)c1O. The maximum Gasteiger partial charge on any atom is 0.246 e. The second-order valence-electron chi connectivity index (χ2n) is 15.8. The van der Waals surface area contributed by atoms with E-state index in [0.717, 1.165) is 11.1 Å². The van der Waals surface area contributed by atoms with Crippen molar-refractivity contribution >= 4 is 63.8 Å². The van der Waals surface area contributed by atoms with Crippen molar-refractivity contribution in [3.05, 3.63) is 149 Å². The Balaban J connectivity index is 1.09. The highest BCUT2D eigenvalue weighted by Gasteiger charge is 2.69. The fourth-order valence-corrected chi connectivity index (χ4v) is 10.4. The third kappa shape index (κ3) is 5.82. The van der Waals surface area contributed by atoms with Gasteiger partial charge in [0.25, 0.3) is 0 Å². The zero-order valence-corrected chi connectivity index (χ0v) is 33.8. The summed E-state index contributed by atoms with van der Waals surface area (Å²) in [5.41, 5.74) is 3.44. The Bertz CT molecular complexity index is 2790. The molecule has 2 aliphatic carbocycles. The van der Waals surface area contributed by atoms with Crippen LogP contribution in [0.4, 0.5) is 11.4 Å². The Labute approximate surface area is 355 Å². The molecule has 10 rings (SSSR count). The van der Waals surface area contributed by atoms with Crippen molar-refractivity contribution in [3.63, 3.8) is 0 Å². The molecule has 0 bridgehead atoms. The van der Waals surface area contributed by atoms with E-state index in [0.29, 0.717) is 44.6 Å². The summed E-state index contributed by atoms with van der Waals surface area (Å²) in [7, 11) is 2.88. The molecule has 0 spiro atoms. The van der Waals surface area contributed by atoms with Gasteiger partial charge in [-0.25, -0.2) is 9.88 Å². The Kier molecular flexibility index (Phi) is 9.17. The number of carbonyl (C=O) groups is 4. The molecule has 1 N–H and O–H groups in total. The van der Waals surface area contributed by atoms with E-state index in [4.69, 9.17) is 25.5 Å². The summed E-state index contributed by atoms with van der Waals surface area (Å²) in [5, 5.41) is 11.1. The number of aromatic nitrogens is 1. The number of rotatable bonds is 8. The molecule has 1 saturated carbocycles. The highest BCUT2D eigenvalue weighted by molar-refractivity contribution is 6.32. The molecule has 12 heteroatoms. The van der Waals surface area contributed by atoms with E-state index in [9.17, 15) is 14.7 Å². The maximum atomic E-state index is 15.5. The van der Waals surface area contributed by atoms with Crippen molar-refractivity contribution < 1.29 is 38.2 Å². The largest absolute Gasteiger partial charge is 0.502 e. The number of aromatic hydroxyl groups is 1. The zero-order valence-electron chi connectivity index (χ0n) is 33.0. The number of hydrogen-bond donors (Lipinski definition) is 1. The van der Waals surface area contributed by atoms with Crippen LogP contribution in [0.25, 0.3) is 28.6 Å². The number of para-hydroxylation sites is 2. The number of methoxy groups -OCH3 is 2. The number of ether oxygens (including phenoxy) is 2. The molecule has 6 unspecified atom stereocenters. The number of hydrogen-bond acceptors (Lipinski definition) is 9. The van der Waals surface area contributed by atoms with Crippen LogP contribution in [-0.2, 0) is 24.6 Å². The van der Waals surface area contributed by atoms with E-state index < -0.39 is 46.8 Å². The Hall–Kier alpha value is -6.98. The van der Waals surface area contributed by atoms with Gasteiger partial charge in [-0.15, -0.1) is 0 Å². The lowest BCUT2D eigenvalue weighted by atomic mass is 9.50. The van der Waals surface area contributed by atoms with Crippen molar-refractivity contribution in [2.24, 2.45) is 29.6 Å². The predicted molar refractivity (Wildman–Crippen MR) is 229 cm³/mol. The fraction of sp³-hybridized carbons (Fsp3) is 0.204. The lowest BCUT2D eigenvalue weighted by Crippen LogP contribution is -2.54. The van der Waals surface area contributed by atoms with Crippen LogP contribution in [0, 0.1) is 29.6 Å². The number of phenolic OH excluding ortho intramolecular Hbond substituents is 1. The molecule has 6 atom stereocenters. The normalized spacial score (nSPS) is 24.6. The monoisotopic (exact) mass is 831 g/mol. The zero-order chi connectivity index (χ0) is 42.2. The number of anilines is 2. The van der Waals surface area contributed by atoms with Crippen molar-refractivity contribution in [2.75, 3.05) is 24.0 Å². The summed E-state index contributed by atoms with van der Waals surface area (Å²) in [4.78, 5) is 66.8. The van der Waals surface area contributed by atoms with Gasteiger partial charge in [-0.3, -0.25) is 24.1 Å². The van der Waals surface area contributed by atoms with E-state index >= 15 is 9.59 Å². The van der Waals surface area contributed by atoms with E-state index in [1.807, 2.05) is 72.8 Å². The molecule has 4 aliphatic rings. The first-order chi connectivity index (χ1) is 29.6. The molecule has 6 aromatic rings. The highest BCUT2D eigenvalue weighted by Crippen LogP contribution is 2.62. The number of halogens is 1. The number of oxazole rings is 1. The third-order valence-electron chi connectivity index (χ3n) is 12.9. The van der Waals surface area contributed by atoms with Crippen LogP contribution in [0.5, 0.6) is 17.2 Å². The minimum absolute atomic E-state index is 0.151. The molecule has 5 aromatic carbocycles. The van der Waals surface area contributed by atoms with E-state index in [1.165, 1.54) is 24.0 Å². The predicted octanol–water partition coefficient (Wildman–Crippen LogP) is 8.78. The number of imide groups is 2. The number of carbonyl (C=O) groups excluding carboxylic acids is 4. The summed E-state index contributed by atoms with van der Waals surface area (Å²) >= 11 is 6.45. The molecule has 11 nitrogen and oxygen atoms in total. The topological polar surface area (TPSA) is 139 Å². The van der Waals surface area contributed by atoms with Gasteiger partial charge in [-0.2, -0.15) is 0 Å². The van der Waals surface area contributed by atoms with E-state index in [-0.39, 0.29) is 41.9 Å². The number of fused-ring (bicyclic) bond motifs is 5. The van der Waals surface area contributed by atoms with E-state index in [2.05, 4.69) is 4.98 Å². The van der Waals surface area contributed by atoms with Crippen LogP contribution in [0.15, 0.2) is 137 Å². The van der Waals surface area contributed by atoms with Gasteiger partial charge in [-0.1, -0.05) is 83.9 Å². The molecule has 3 heterocycles. The number of nitrogens with zero attached hydrogens (tertiary/aromatic N) is 3. The molecular weight excluding hydrogens is 794 g/mol. The van der Waals surface area contributed by atoms with Crippen LogP contribution in [0.2, 0.25) is 5.02 Å². The second-order valence-corrected chi connectivity index (χ2v) is 16.3. The standard InChI is InChI=1S/C49H38ClN3O8/c1-59-40-23-27(24-41(60-2)43(40)54)15-22-36-33-20-21-34-42(47(57)52(45(34)55)31-18-16-28(17-19-31)44-51-38-13-6-7-14-39(38)61-44)35(33)26-37-46(56)53(32-12-8-11-30(50)25-32)48(58)49(36,37)29-9-4-3-5-10-29/h3-20,22-25,34-37,42,54H,21,26H2,1-2H3. The fourth-order valence-electron chi connectivity index (χ4n) is 10.2. The first-order valence-electron chi connectivity index (χ1n) is 20.0. The lowest BCUT2D eigenvalue weighted by molar-refractivity contribution is -0.128. The lowest BCUT2D eigenvalue weighted by Gasteiger charge is -2.49. The maximum absolute atomic E-state index is 15.5. The Morgan fingerprint density at radius 3 is 2.21 bits per heavy atom. The van der Waals surface area contributed by atoms with Crippen molar-refractivity contribution in [3.8, 4) is 28.7 Å². The molecule has 61 heavy (non-hydrogen) atoms. The minimum atomic E-state index is -1.44. The Morgan fingerprint density at radius 1 is 0.787 bits per heavy atom. The van der Waals surface area contributed by atoms with Crippen molar-refractivity contribution in [2.45, 2.75) is 18.3 Å². The smallest absolute Gasteiger partial charge is 0.246 e. The third-order valence-corrected chi connectivity index (χ3v) is 13.1. The van der Waals surface area contributed by atoms with Gasteiger partial charge in [0.2, 0.25) is 35.3 Å². The van der Waals surface area contributed by atoms with Gasteiger partial charge in [0.1, 0.15) is 5.52 Å². The number of amides is 4. The molecule has 3 fully saturated rings. The summed E-state index contributed by atoms with van der Waals surface area (Å²) in [5.74, 6) is -4.55. The van der Waals surface area contributed by atoms with Crippen LogP contribution in [-0.4, -0.2) is 47.9 Å².